The molecule has 0 bridgehead atoms. The molecule has 160 valence electrons. The highest BCUT2D eigenvalue weighted by molar-refractivity contribution is 6.02. The van der Waals surface area contributed by atoms with Crippen LogP contribution >= 0.6 is 0 Å². The van der Waals surface area contributed by atoms with E-state index < -0.39 is 11.8 Å². The number of carbonyl (C=O) groups is 2. The van der Waals surface area contributed by atoms with Gasteiger partial charge in [-0.1, -0.05) is 19.9 Å². The number of hydrogen-bond acceptors (Lipinski definition) is 5. The number of amides is 2. The number of carbonyl (C=O) groups excluding carboxylic acids is 2. The van der Waals surface area contributed by atoms with Crippen LogP contribution < -0.4 is 14.8 Å². The van der Waals surface area contributed by atoms with Crippen molar-refractivity contribution in [2.75, 3.05) is 27.4 Å². The molecule has 1 atom stereocenters. The zero-order valence-corrected chi connectivity index (χ0v) is 17.8. The Morgan fingerprint density at radius 2 is 1.83 bits per heavy atom. The molecule has 1 aliphatic heterocycles. The van der Waals surface area contributed by atoms with Crippen LogP contribution in [-0.4, -0.2) is 55.9 Å². The van der Waals surface area contributed by atoms with Crippen LogP contribution in [0.2, 0.25) is 0 Å². The Bertz CT molecular complexity index is 720. The maximum absolute atomic E-state index is 13.9. The second kappa shape index (κ2) is 9.03. The van der Waals surface area contributed by atoms with E-state index in [0.717, 1.165) is 32.1 Å². The minimum atomic E-state index is -0.760. The van der Waals surface area contributed by atoms with E-state index in [9.17, 15) is 9.59 Å². The van der Waals surface area contributed by atoms with Gasteiger partial charge in [0.1, 0.15) is 28.8 Å². The molecule has 2 aliphatic rings. The molecule has 29 heavy (non-hydrogen) atoms. The summed E-state index contributed by atoms with van der Waals surface area (Å²) >= 11 is 0. The zero-order chi connectivity index (χ0) is 21.0. The Balaban J connectivity index is 2.02. The highest BCUT2D eigenvalue weighted by Gasteiger charge is 2.54. The van der Waals surface area contributed by atoms with Gasteiger partial charge in [0.05, 0.1) is 20.8 Å². The lowest BCUT2D eigenvalue weighted by Crippen LogP contribution is -2.57. The van der Waals surface area contributed by atoms with E-state index in [2.05, 4.69) is 12.2 Å². The number of ether oxygens (including phenoxy) is 3. The molecule has 7 heteroatoms. The molecule has 1 N–H and O–H groups in total. The first-order valence-electron chi connectivity index (χ1n) is 10.4. The molecule has 2 fully saturated rings. The van der Waals surface area contributed by atoms with E-state index in [1.54, 1.807) is 23.1 Å². The average molecular weight is 405 g/mol. The van der Waals surface area contributed by atoms with Crippen LogP contribution in [0.5, 0.6) is 11.5 Å². The van der Waals surface area contributed by atoms with Gasteiger partial charge in [-0.05, 0) is 50.2 Å². The van der Waals surface area contributed by atoms with E-state index in [1.807, 2.05) is 6.92 Å². The van der Waals surface area contributed by atoms with Crippen molar-refractivity contribution in [3.8, 4) is 11.5 Å². The van der Waals surface area contributed by atoms with Crippen molar-refractivity contribution in [1.82, 2.24) is 10.2 Å². The fourth-order valence-electron chi connectivity index (χ4n) is 4.33. The Kier molecular flexibility index (Phi) is 6.67. The molecule has 1 heterocycles. The van der Waals surface area contributed by atoms with Gasteiger partial charge in [0, 0.05) is 6.54 Å². The van der Waals surface area contributed by atoms with Crippen molar-refractivity contribution in [3.63, 3.8) is 0 Å². The van der Waals surface area contributed by atoms with E-state index in [1.165, 1.54) is 14.2 Å². The van der Waals surface area contributed by atoms with Crippen molar-refractivity contribution in [1.29, 1.82) is 0 Å². The van der Waals surface area contributed by atoms with Crippen molar-refractivity contribution in [3.05, 3.63) is 23.8 Å². The van der Waals surface area contributed by atoms with Crippen LogP contribution in [0.1, 0.15) is 56.3 Å². The molecule has 1 aromatic rings. The lowest BCUT2D eigenvalue weighted by Gasteiger charge is -2.43. The number of nitrogens with one attached hydrogen (secondary N) is 1. The molecular weight excluding hydrogens is 372 g/mol. The Morgan fingerprint density at radius 1 is 1.21 bits per heavy atom. The third kappa shape index (κ3) is 4.06. The highest BCUT2D eigenvalue weighted by Crippen LogP contribution is 2.44. The van der Waals surface area contributed by atoms with Gasteiger partial charge in [0.15, 0.2) is 0 Å². The van der Waals surface area contributed by atoms with Gasteiger partial charge in [-0.25, -0.2) is 0 Å². The third-order valence-corrected chi connectivity index (χ3v) is 6.03. The molecule has 0 aromatic heterocycles. The summed E-state index contributed by atoms with van der Waals surface area (Å²) < 4.78 is 17.1. The van der Waals surface area contributed by atoms with Crippen LogP contribution in [0.4, 0.5) is 0 Å². The van der Waals surface area contributed by atoms with E-state index in [4.69, 9.17) is 14.2 Å². The summed E-state index contributed by atoms with van der Waals surface area (Å²) in [5, 5.41) is 2.92. The van der Waals surface area contributed by atoms with Gasteiger partial charge >= 0.3 is 0 Å². The van der Waals surface area contributed by atoms with Crippen LogP contribution in [-0.2, 0) is 9.53 Å². The molecule has 1 spiro atoms. The van der Waals surface area contributed by atoms with Crippen LogP contribution in [0.25, 0.3) is 0 Å². The van der Waals surface area contributed by atoms with Gasteiger partial charge in [-0.15, -0.1) is 0 Å². The average Bonchev–Trinajstić information content (AvgIpc) is 3.12. The summed E-state index contributed by atoms with van der Waals surface area (Å²) in [6, 6.07) is 4.57. The van der Waals surface area contributed by atoms with E-state index >= 15 is 0 Å². The molecule has 0 unspecified atom stereocenters. The van der Waals surface area contributed by atoms with Gasteiger partial charge in [0.2, 0.25) is 5.91 Å². The number of nitrogens with zero attached hydrogens (tertiary/aromatic N) is 1. The molecule has 3 rings (SSSR count). The summed E-state index contributed by atoms with van der Waals surface area (Å²) in [6.07, 6.45) is 4.17. The summed E-state index contributed by atoms with van der Waals surface area (Å²) in [5.41, 5.74) is -0.432. The quantitative estimate of drug-likeness (QED) is 0.789. The maximum Gasteiger partial charge on any atom is 0.264 e. The smallest absolute Gasteiger partial charge is 0.264 e. The number of hydrogen-bond donors (Lipinski definition) is 1. The standard InChI is InChI=1S/C22H32N2O5/c1-5-13-23-20(25)16-14-29-22(11-9-15(2)10-12-22)24(16)21(26)19-17(27-3)7-6-8-18(19)28-4/h6-8,15-16H,5,9-14H2,1-4H3,(H,23,25)/t15?,16-,22?/m1/s1. The summed E-state index contributed by atoms with van der Waals surface area (Å²) in [7, 11) is 3.05. The molecule has 0 radical (unpaired) electrons. The second-order valence-corrected chi connectivity index (χ2v) is 7.96. The molecule has 7 nitrogen and oxygen atoms in total. The van der Waals surface area contributed by atoms with Gasteiger partial charge in [-0.3, -0.25) is 14.5 Å². The van der Waals surface area contributed by atoms with E-state index in [-0.39, 0.29) is 18.4 Å². The topological polar surface area (TPSA) is 77.1 Å². The van der Waals surface area contributed by atoms with Crippen LogP contribution in [0.3, 0.4) is 0 Å². The second-order valence-electron chi connectivity index (χ2n) is 7.96. The predicted molar refractivity (Wildman–Crippen MR) is 109 cm³/mol. The van der Waals surface area contributed by atoms with Crippen molar-refractivity contribution in [2.24, 2.45) is 5.92 Å². The first-order chi connectivity index (χ1) is 14.0. The van der Waals surface area contributed by atoms with Gasteiger partial charge in [0.25, 0.3) is 5.91 Å². The predicted octanol–water partition coefficient (Wildman–Crippen LogP) is 2.98. The third-order valence-electron chi connectivity index (χ3n) is 6.03. The normalized spacial score (nSPS) is 26.4. The summed E-state index contributed by atoms with van der Waals surface area (Å²) in [6.45, 7) is 4.98. The number of rotatable bonds is 6. The molecular formula is C22H32N2O5. The molecule has 1 aromatic carbocycles. The minimum Gasteiger partial charge on any atom is -0.496 e. The van der Waals surface area contributed by atoms with Crippen molar-refractivity contribution in [2.45, 2.75) is 57.7 Å². The first kappa shape index (κ1) is 21.4. The molecule has 1 saturated carbocycles. The fraction of sp³-hybridized carbons (Fsp3) is 0.636. The largest absolute Gasteiger partial charge is 0.496 e. The molecule has 2 amide bonds. The summed E-state index contributed by atoms with van der Waals surface area (Å²) in [5.74, 6) is 0.962. The fourth-order valence-corrected chi connectivity index (χ4v) is 4.33. The lowest BCUT2D eigenvalue weighted by molar-refractivity contribution is -0.127. The van der Waals surface area contributed by atoms with E-state index in [0.29, 0.717) is 29.5 Å². The van der Waals surface area contributed by atoms with Crippen molar-refractivity contribution >= 4 is 11.8 Å². The Hall–Kier alpha value is -2.28. The monoisotopic (exact) mass is 404 g/mol. The number of benzene rings is 1. The molecule has 1 saturated heterocycles. The van der Waals surface area contributed by atoms with Crippen LogP contribution in [0.15, 0.2) is 18.2 Å². The zero-order valence-electron chi connectivity index (χ0n) is 17.8. The van der Waals surface area contributed by atoms with Gasteiger partial charge < -0.3 is 19.5 Å². The lowest BCUT2D eigenvalue weighted by atomic mass is 9.83. The molecule has 1 aliphatic carbocycles. The number of methoxy groups -OCH3 is 2. The highest BCUT2D eigenvalue weighted by atomic mass is 16.5. The first-order valence-corrected chi connectivity index (χ1v) is 10.4. The maximum atomic E-state index is 13.9. The minimum absolute atomic E-state index is 0.176. The Morgan fingerprint density at radius 3 is 2.38 bits per heavy atom. The summed E-state index contributed by atoms with van der Waals surface area (Å²) in [4.78, 5) is 28.4. The van der Waals surface area contributed by atoms with Crippen LogP contribution in [0, 0.1) is 5.92 Å². The van der Waals surface area contributed by atoms with Gasteiger partial charge in [-0.2, -0.15) is 0 Å². The SMILES string of the molecule is CCCNC(=O)[C@H]1COC2(CCC(C)CC2)N1C(=O)c1c(OC)cccc1OC. The van der Waals surface area contributed by atoms with Crippen molar-refractivity contribution < 1.29 is 23.8 Å². The Labute approximate surface area is 172 Å².